The Morgan fingerprint density at radius 3 is 2.89 bits per heavy atom. The number of piperidine rings is 1. The molecule has 4 heterocycles. The zero-order valence-electron chi connectivity index (χ0n) is 16.0. The molecule has 2 bridgehead atoms. The minimum Gasteiger partial charge on any atom is -0.354 e. The molecule has 1 saturated heterocycles. The highest BCUT2D eigenvalue weighted by Gasteiger charge is 2.40. The van der Waals surface area contributed by atoms with Gasteiger partial charge in [-0.25, -0.2) is 0 Å². The molecule has 2 aromatic rings. The number of pyridine rings is 1. The summed E-state index contributed by atoms with van der Waals surface area (Å²) >= 11 is 0. The van der Waals surface area contributed by atoms with E-state index in [4.69, 9.17) is 0 Å². The van der Waals surface area contributed by atoms with Crippen LogP contribution in [0.15, 0.2) is 35.3 Å². The summed E-state index contributed by atoms with van der Waals surface area (Å²) in [5, 5.41) is 10.3. The van der Waals surface area contributed by atoms with Gasteiger partial charge in [-0.15, -0.1) is 0 Å². The zero-order chi connectivity index (χ0) is 19.1. The normalized spacial score (nSPS) is 27.1. The number of carbonyl (C=O) groups excluding carboxylic acids is 1. The summed E-state index contributed by atoms with van der Waals surface area (Å²) in [5.74, 6) is 1.04. The van der Waals surface area contributed by atoms with Crippen molar-refractivity contribution in [3.8, 4) is 0 Å². The number of hydrogen-bond donors (Lipinski definition) is 2. The van der Waals surface area contributed by atoms with E-state index in [-0.39, 0.29) is 23.4 Å². The molecule has 1 aliphatic carbocycles. The Balaban J connectivity index is 1.39. The molecule has 7 heteroatoms. The molecular weight excluding hydrogens is 354 g/mol. The van der Waals surface area contributed by atoms with Gasteiger partial charge in [0.2, 0.25) is 5.91 Å². The van der Waals surface area contributed by atoms with Crippen molar-refractivity contribution in [2.24, 2.45) is 11.8 Å². The summed E-state index contributed by atoms with van der Waals surface area (Å²) in [6, 6.07) is 7.63. The lowest BCUT2D eigenvalue weighted by Gasteiger charge is -2.47. The number of H-pyrrole nitrogens is 1. The van der Waals surface area contributed by atoms with Crippen molar-refractivity contribution in [2.75, 3.05) is 19.6 Å². The maximum Gasteiger partial charge on any atom is 0.251 e. The van der Waals surface area contributed by atoms with Crippen molar-refractivity contribution >= 4 is 5.91 Å². The van der Waals surface area contributed by atoms with Crippen molar-refractivity contribution in [3.05, 3.63) is 52.2 Å². The molecular formula is C21H27N5O2. The number of rotatable bonds is 5. The highest BCUT2D eigenvalue weighted by atomic mass is 16.2. The number of aromatic nitrogens is 3. The summed E-state index contributed by atoms with van der Waals surface area (Å²) in [5.41, 5.74) is 2.28. The van der Waals surface area contributed by atoms with Crippen molar-refractivity contribution < 1.29 is 4.79 Å². The van der Waals surface area contributed by atoms with Crippen molar-refractivity contribution in [3.63, 3.8) is 0 Å². The summed E-state index contributed by atoms with van der Waals surface area (Å²) in [6.45, 7) is 3.26. The molecule has 0 unspecified atom stereocenters. The second-order valence-electron chi connectivity index (χ2n) is 8.57. The predicted octanol–water partition coefficient (Wildman–Crippen LogP) is 1.65. The lowest BCUT2D eigenvalue weighted by atomic mass is 9.78. The molecule has 0 spiro atoms. The van der Waals surface area contributed by atoms with Gasteiger partial charge in [0, 0.05) is 61.7 Å². The quantitative estimate of drug-likeness (QED) is 0.825. The van der Waals surface area contributed by atoms with Gasteiger partial charge in [0.05, 0.1) is 6.04 Å². The van der Waals surface area contributed by atoms with Gasteiger partial charge in [0.25, 0.3) is 5.56 Å². The number of aromatic amines is 1. The molecule has 5 rings (SSSR count). The van der Waals surface area contributed by atoms with E-state index in [1.54, 1.807) is 12.3 Å². The Morgan fingerprint density at radius 1 is 1.25 bits per heavy atom. The van der Waals surface area contributed by atoms with Gasteiger partial charge >= 0.3 is 0 Å². The van der Waals surface area contributed by atoms with Crippen LogP contribution < -0.4 is 10.9 Å². The second-order valence-corrected chi connectivity index (χ2v) is 8.57. The van der Waals surface area contributed by atoms with Gasteiger partial charge < -0.3 is 9.88 Å². The van der Waals surface area contributed by atoms with Gasteiger partial charge in [-0.05, 0) is 37.3 Å². The fraction of sp³-hybridized carbons (Fsp3) is 0.571. The molecule has 28 heavy (non-hydrogen) atoms. The molecule has 3 aliphatic rings. The Kier molecular flexibility index (Phi) is 4.55. The van der Waals surface area contributed by atoms with Crippen LogP contribution in [-0.2, 0) is 11.3 Å². The molecule has 1 amide bonds. The molecule has 2 N–H and O–H groups in total. The first kappa shape index (κ1) is 17.7. The van der Waals surface area contributed by atoms with Gasteiger partial charge in [0.15, 0.2) is 0 Å². The van der Waals surface area contributed by atoms with Crippen LogP contribution in [0.5, 0.6) is 0 Å². The van der Waals surface area contributed by atoms with Gasteiger partial charge in [-0.2, -0.15) is 5.10 Å². The first-order chi connectivity index (χ1) is 13.7. The average molecular weight is 381 g/mol. The molecule has 2 fully saturated rings. The number of likely N-dealkylation sites (tertiary alicyclic amines) is 1. The molecule has 0 radical (unpaired) electrons. The zero-order valence-corrected chi connectivity index (χ0v) is 16.0. The lowest BCUT2D eigenvalue weighted by Crippen LogP contribution is -2.52. The van der Waals surface area contributed by atoms with Crippen LogP contribution in [0.4, 0.5) is 0 Å². The SMILES string of the molecule is O=C(NC[C@H]1[C@H]2C[C@H](CN(Cc3ccn[nH]3)C2)c2cccc(=O)n21)C1CCC1. The standard InChI is InChI=1S/C21H27N5O2/c27-20-6-2-5-18-15-9-16(12-25(11-15)13-17-7-8-23-24-17)19(26(18)20)10-22-21(28)14-3-1-4-14/h2,5-8,14-16,19H,1,3-4,9-13H2,(H,22,28)(H,23,24)/t15-,16+,19+/m1/s1. The number of nitrogens with one attached hydrogen (secondary N) is 2. The van der Waals surface area contributed by atoms with Crippen LogP contribution in [0, 0.1) is 11.8 Å². The van der Waals surface area contributed by atoms with E-state index in [0.29, 0.717) is 18.4 Å². The van der Waals surface area contributed by atoms with E-state index < -0.39 is 0 Å². The number of fused-ring (bicyclic) bond motifs is 4. The summed E-state index contributed by atoms with van der Waals surface area (Å²) in [6.07, 6.45) is 6.00. The fourth-order valence-corrected chi connectivity index (χ4v) is 5.16. The third-order valence-electron chi connectivity index (χ3n) is 6.79. The third-order valence-corrected chi connectivity index (χ3v) is 6.79. The van der Waals surface area contributed by atoms with E-state index in [2.05, 4.69) is 26.5 Å². The van der Waals surface area contributed by atoms with Crippen LogP contribution in [0.1, 0.15) is 49.0 Å². The van der Waals surface area contributed by atoms with E-state index in [1.807, 2.05) is 16.7 Å². The van der Waals surface area contributed by atoms with Crippen LogP contribution in [-0.4, -0.2) is 45.2 Å². The van der Waals surface area contributed by atoms with Crippen molar-refractivity contribution in [2.45, 2.75) is 44.2 Å². The predicted molar refractivity (Wildman–Crippen MR) is 105 cm³/mol. The van der Waals surface area contributed by atoms with Crippen molar-refractivity contribution in [1.29, 1.82) is 0 Å². The molecule has 7 nitrogen and oxygen atoms in total. The third kappa shape index (κ3) is 3.17. The van der Waals surface area contributed by atoms with E-state index in [0.717, 1.165) is 56.7 Å². The van der Waals surface area contributed by atoms with E-state index in [1.165, 1.54) is 0 Å². The van der Waals surface area contributed by atoms with Crippen LogP contribution >= 0.6 is 0 Å². The highest BCUT2D eigenvalue weighted by Crippen LogP contribution is 2.41. The summed E-state index contributed by atoms with van der Waals surface area (Å²) in [7, 11) is 0. The summed E-state index contributed by atoms with van der Waals surface area (Å²) < 4.78 is 1.97. The highest BCUT2D eigenvalue weighted by molar-refractivity contribution is 5.79. The molecule has 3 atom stereocenters. The Hall–Kier alpha value is -2.41. The van der Waals surface area contributed by atoms with Crippen LogP contribution in [0.25, 0.3) is 0 Å². The molecule has 0 aromatic carbocycles. The number of carbonyl (C=O) groups is 1. The molecule has 148 valence electrons. The number of amides is 1. The first-order valence-corrected chi connectivity index (χ1v) is 10.4. The van der Waals surface area contributed by atoms with E-state index in [9.17, 15) is 9.59 Å². The van der Waals surface area contributed by atoms with Gasteiger partial charge in [-0.3, -0.25) is 19.6 Å². The minimum absolute atomic E-state index is 0.0218. The van der Waals surface area contributed by atoms with Gasteiger partial charge in [0.1, 0.15) is 0 Å². The maximum absolute atomic E-state index is 12.7. The Labute approximate surface area is 164 Å². The molecule has 1 saturated carbocycles. The summed E-state index contributed by atoms with van der Waals surface area (Å²) in [4.78, 5) is 27.6. The van der Waals surface area contributed by atoms with Crippen molar-refractivity contribution in [1.82, 2.24) is 25.0 Å². The number of nitrogens with zero attached hydrogens (tertiary/aromatic N) is 3. The smallest absolute Gasteiger partial charge is 0.251 e. The van der Waals surface area contributed by atoms with E-state index >= 15 is 0 Å². The lowest BCUT2D eigenvalue weighted by molar-refractivity contribution is -0.127. The van der Waals surface area contributed by atoms with Crippen LogP contribution in [0.2, 0.25) is 0 Å². The Morgan fingerprint density at radius 2 is 2.14 bits per heavy atom. The topological polar surface area (TPSA) is 83.0 Å². The average Bonchev–Trinajstić information content (AvgIpc) is 3.13. The van der Waals surface area contributed by atoms with Gasteiger partial charge in [-0.1, -0.05) is 12.5 Å². The Bertz CT molecular complexity index is 902. The number of hydrogen-bond acceptors (Lipinski definition) is 4. The molecule has 2 aromatic heterocycles. The monoisotopic (exact) mass is 381 g/mol. The van der Waals surface area contributed by atoms with Crippen LogP contribution in [0.3, 0.4) is 0 Å². The fourth-order valence-electron chi connectivity index (χ4n) is 5.16. The first-order valence-electron chi connectivity index (χ1n) is 10.4. The largest absolute Gasteiger partial charge is 0.354 e. The second kappa shape index (κ2) is 7.20. The molecule has 2 aliphatic heterocycles. The minimum atomic E-state index is 0.0218. The maximum atomic E-state index is 12.7.